The van der Waals surface area contributed by atoms with Crippen molar-refractivity contribution in [2.45, 2.75) is 70.2 Å². The van der Waals surface area contributed by atoms with E-state index in [4.69, 9.17) is 9.57 Å². The third-order valence-electron chi connectivity index (χ3n) is 6.26. The van der Waals surface area contributed by atoms with Gasteiger partial charge < -0.3 is 24.9 Å². The summed E-state index contributed by atoms with van der Waals surface area (Å²) in [5, 5.41) is 26.1. The van der Waals surface area contributed by atoms with Gasteiger partial charge in [0.2, 0.25) is 5.91 Å². The molecule has 2 aromatic carbocycles. The number of hydrogen-bond acceptors (Lipinski definition) is 7. The van der Waals surface area contributed by atoms with Crippen molar-refractivity contribution >= 4 is 16.7 Å². The highest BCUT2D eigenvalue weighted by atomic mass is 17.0. The number of β-amino-alcohol motifs (C(OH)–C–C–N with tert-alkyl or cyclic N) is 1. The van der Waals surface area contributed by atoms with Crippen molar-refractivity contribution in [1.29, 1.82) is 0 Å². The van der Waals surface area contributed by atoms with E-state index in [0.717, 1.165) is 23.6 Å². The fourth-order valence-corrected chi connectivity index (χ4v) is 4.57. The number of rotatable bonds is 11. The van der Waals surface area contributed by atoms with Gasteiger partial charge in [-0.3, -0.25) is 4.79 Å². The Labute approximate surface area is 200 Å². The molecule has 3 unspecified atom stereocenters. The standard InChI is InChI=1S/C25H35N3O6/c1-18(29)27(22-12-6-7-13-24(22)34-28(31)32)17-25(2,3)26-15-20(30)16-33-23-14-8-10-19-9-4-5-11-21(19)23/h4-5,8-11,14,20,22,24,26,30H,6-7,12-13,15-17H2,1-3H3. The lowest BCUT2D eigenvalue weighted by Crippen LogP contribution is -2.58. The van der Waals surface area contributed by atoms with E-state index in [2.05, 4.69) is 5.32 Å². The van der Waals surface area contributed by atoms with Crippen LogP contribution < -0.4 is 10.1 Å². The zero-order valence-corrected chi connectivity index (χ0v) is 20.1. The molecule has 2 aromatic rings. The van der Waals surface area contributed by atoms with Gasteiger partial charge in [0, 0.05) is 30.9 Å². The maximum atomic E-state index is 12.5. The number of carbonyl (C=O) groups excluding carboxylic acids is 1. The molecule has 1 aliphatic rings. The number of carbonyl (C=O) groups is 1. The number of amides is 1. The maximum Gasteiger partial charge on any atom is 0.294 e. The molecule has 2 N–H and O–H groups in total. The fraction of sp³-hybridized carbons (Fsp3) is 0.560. The number of aliphatic hydroxyl groups excluding tert-OH is 1. The fourth-order valence-electron chi connectivity index (χ4n) is 4.57. The van der Waals surface area contributed by atoms with Crippen LogP contribution in [0.2, 0.25) is 0 Å². The molecule has 1 amide bonds. The zero-order valence-electron chi connectivity index (χ0n) is 20.1. The number of fused-ring (bicyclic) bond motifs is 1. The van der Waals surface area contributed by atoms with Crippen LogP contribution in [0.5, 0.6) is 5.75 Å². The molecule has 0 saturated heterocycles. The number of hydrogen-bond donors (Lipinski definition) is 2. The predicted molar refractivity (Wildman–Crippen MR) is 129 cm³/mol. The molecule has 1 saturated carbocycles. The second kappa shape index (κ2) is 11.5. The molecule has 0 spiro atoms. The van der Waals surface area contributed by atoms with Crippen LogP contribution in [0.3, 0.4) is 0 Å². The first-order chi connectivity index (χ1) is 16.2. The van der Waals surface area contributed by atoms with Gasteiger partial charge in [0.05, 0.1) is 6.04 Å². The van der Waals surface area contributed by atoms with Gasteiger partial charge in [0.25, 0.3) is 5.09 Å². The van der Waals surface area contributed by atoms with Crippen molar-refractivity contribution in [2.24, 2.45) is 0 Å². The number of nitrogens with zero attached hydrogens (tertiary/aromatic N) is 2. The molecule has 186 valence electrons. The van der Waals surface area contributed by atoms with Crippen LogP contribution in [-0.2, 0) is 9.63 Å². The Kier molecular flexibility index (Phi) is 8.68. The van der Waals surface area contributed by atoms with Gasteiger partial charge in [-0.2, -0.15) is 0 Å². The topological polar surface area (TPSA) is 114 Å². The predicted octanol–water partition coefficient (Wildman–Crippen LogP) is 3.32. The van der Waals surface area contributed by atoms with Gasteiger partial charge in [-0.15, -0.1) is 10.1 Å². The Hall–Kier alpha value is -2.91. The van der Waals surface area contributed by atoms with Crippen molar-refractivity contribution in [1.82, 2.24) is 10.2 Å². The molecule has 9 heteroatoms. The van der Waals surface area contributed by atoms with Crippen LogP contribution in [0, 0.1) is 10.1 Å². The van der Waals surface area contributed by atoms with Gasteiger partial charge in [-0.1, -0.05) is 49.2 Å². The summed E-state index contributed by atoms with van der Waals surface area (Å²) in [5.74, 6) is 0.562. The molecule has 0 bridgehead atoms. The largest absolute Gasteiger partial charge is 0.490 e. The lowest BCUT2D eigenvalue weighted by Gasteiger charge is -2.42. The summed E-state index contributed by atoms with van der Waals surface area (Å²) < 4.78 is 5.88. The molecular weight excluding hydrogens is 438 g/mol. The van der Waals surface area contributed by atoms with Crippen molar-refractivity contribution in [3.63, 3.8) is 0 Å². The molecule has 0 aliphatic heterocycles. The highest BCUT2D eigenvalue weighted by Gasteiger charge is 2.36. The first-order valence-corrected chi connectivity index (χ1v) is 11.8. The van der Waals surface area contributed by atoms with Crippen molar-refractivity contribution in [3.8, 4) is 5.75 Å². The van der Waals surface area contributed by atoms with Crippen LogP contribution >= 0.6 is 0 Å². The van der Waals surface area contributed by atoms with Gasteiger partial charge in [0.15, 0.2) is 0 Å². The third kappa shape index (κ3) is 7.04. The van der Waals surface area contributed by atoms with E-state index >= 15 is 0 Å². The molecule has 0 aromatic heterocycles. The monoisotopic (exact) mass is 473 g/mol. The molecule has 1 aliphatic carbocycles. The number of benzene rings is 2. The molecule has 3 atom stereocenters. The Morgan fingerprint density at radius 2 is 1.94 bits per heavy atom. The smallest absolute Gasteiger partial charge is 0.294 e. The van der Waals surface area contributed by atoms with Gasteiger partial charge in [-0.05, 0) is 38.1 Å². The van der Waals surface area contributed by atoms with E-state index in [9.17, 15) is 20.0 Å². The summed E-state index contributed by atoms with van der Waals surface area (Å²) in [6.07, 6.45) is 1.56. The highest BCUT2D eigenvalue weighted by molar-refractivity contribution is 5.88. The summed E-state index contributed by atoms with van der Waals surface area (Å²) in [4.78, 5) is 30.0. The SMILES string of the molecule is CC(=O)N(CC(C)(C)NCC(O)COc1cccc2ccccc12)C1CCCCC1O[N+](=O)[O-]. The second-order valence-corrected chi connectivity index (χ2v) is 9.57. The summed E-state index contributed by atoms with van der Waals surface area (Å²) in [5.41, 5.74) is -0.539. The quantitative estimate of drug-likeness (QED) is 0.380. The molecule has 3 rings (SSSR count). The number of nitrogens with one attached hydrogen (secondary N) is 1. The molecular formula is C25H35N3O6. The minimum Gasteiger partial charge on any atom is -0.490 e. The van der Waals surface area contributed by atoms with Gasteiger partial charge >= 0.3 is 0 Å². The lowest BCUT2D eigenvalue weighted by molar-refractivity contribution is -0.770. The molecule has 0 radical (unpaired) electrons. The maximum absolute atomic E-state index is 12.5. The Morgan fingerprint density at radius 3 is 2.68 bits per heavy atom. The van der Waals surface area contributed by atoms with Gasteiger partial charge in [0.1, 0.15) is 24.6 Å². The Bertz CT molecular complexity index is 977. The van der Waals surface area contributed by atoms with E-state index < -0.39 is 22.8 Å². The van der Waals surface area contributed by atoms with Crippen molar-refractivity contribution in [3.05, 3.63) is 52.6 Å². The Balaban J connectivity index is 1.56. The average molecular weight is 474 g/mol. The molecule has 0 heterocycles. The third-order valence-corrected chi connectivity index (χ3v) is 6.26. The zero-order chi connectivity index (χ0) is 24.7. The van der Waals surface area contributed by atoms with Crippen LogP contribution in [0.15, 0.2) is 42.5 Å². The summed E-state index contributed by atoms with van der Waals surface area (Å²) >= 11 is 0. The van der Waals surface area contributed by atoms with E-state index in [0.29, 0.717) is 25.1 Å². The van der Waals surface area contributed by atoms with Crippen LogP contribution in [0.25, 0.3) is 10.8 Å². The van der Waals surface area contributed by atoms with Gasteiger partial charge in [-0.25, -0.2) is 0 Å². The molecule has 34 heavy (non-hydrogen) atoms. The summed E-state index contributed by atoms with van der Waals surface area (Å²) in [6.45, 7) is 6.07. The number of ether oxygens (including phenoxy) is 1. The second-order valence-electron chi connectivity index (χ2n) is 9.57. The van der Waals surface area contributed by atoms with E-state index in [1.165, 1.54) is 6.92 Å². The molecule has 1 fully saturated rings. The Morgan fingerprint density at radius 1 is 1.24 bits per heavy atom. The first kappa shape index (κ1) is 25.7. The minimum atomic E-state index is -0.767. The first-order valence-electron chi connectivity index (χ1n) is 11.8. The van der Waals surface area contributed by atoms with Crippen molar-refractivity contribution in [2.75, 3.05) is 19.7 Å². The summed E-state index contributed by atoms with van der Waals surface area (Å²) in [7, 11) is 0. The van der Waals surface area contributed by atoms with Crippen LogP contribution in [0.4, 0.5) is 0 Å². The minimum absolute atomic E-state index is 0.120. The lowest BCUT2D eigenvalue weighted by atomic mass is 9.90. The van der Waals surface area contributed by atoms with Crippen molar-refractivity contribution < 1.29 is 24.6 Å². The average Bonchev–Trinajstić information content (AvgIpc) is 2.80. The van der Waals surface area contributed by atoms with E-state index in [1.54, 1.807) is 4.90 Å². The van der Waals surface area contributed by atoms with Crippen LogP contribution in [-0.4, -0.2) is 64.5 Å². The van der Waals surface area contributed by atoms with E-state index in [1.807, 2.05) is 56.3 Å². The van der Waals surface area contributed by atoms with Crippen LogP contribution in [0.1, 0.15) is 46.5 Å². The summed E-state index contributed by atoms with van der Waals surface area (Å²) in [6, 6.07) is 13.4. The highest BCUT2D eigenvalue weighted by Crippen LogP contribution is 2.28. The number of aliphatic hydroxyl groups is 1. The van der Waals surface area contributed by atoms with E-state index in [-0.39, 0.29) is 25.1 Å². The normalized spacial score (nSPS) is 19.4. The molecule has 9 nitrogen and oxygen atoms in total.